The molecule has 0 aliphatic heterocycles. The van der Waals surface area contributed by atoms with Crippen molar-refractivity contribution in [2.75, 3.05) is 31.3 Å². The SMILES string of the molecule is CONCC(O)N(C)Cc1cccc(-n2nc(C(C)(C)C)cc2NC(=O)Nc2cccc3c2C=CCC3)c1. The van der Waals surface area contributed by atoms with Gasteiger partial charge in [0.1, 0.15) is 12.0 Å². The average Bonchev–Trinajstić information content (AvgIpc) is 3.32. The molecule has 1 aliphatic carbocycles. The van der Waals surface area contributed by atoms with E-state index in [0.29, 0.717) is 12.4 Å². The van der Waals surface area contributed by atoms with Crippen molar-refractivity contribution in [2.45, 2.75) is 51.8 Å². The van der Waals surface area contributed by atoms with Crippen LogP contribution in [0.1, 0.15) is 49.6 Å². The maximum absolute atomic E-state index is 13.1. The highest BCUT2D eigenvalue weighted by molar-refractivity contribution is 6.01. The highest BCUT2D eigenvalue weighted by atomic mass is 16.6. The number of carbonyl (C=O) groups excluding carboxylic acids is 1. The quantitative estimate of drug-likeness (QED) is 0.242. The molecule has 4 N–H and O–H groups in total. The number of aromatic nitrogens is 2. The number of hydroxylamine groups is 1. The molecule has 0 saturated carbocycles. The van der Waals surface area contributed by atoms with Gasteiger partial charge < -0.3 is 15.3 Å². The molecular formula is C29H38N6O3. The Labute approximate surface area is 224 Å². The zero-order chi connectivity index (χ0) is 27.3. The molecule has 9 heteroatoms. The van der Waals surface area contributed by atoms with Gasteiger partial charge in [0.25, 0.3) is 0 Å². The van der Waals surface area contributed by atoms with Gasteiger partial charge in [0.2, 0.25) is 0 Å². The van der Waals surface area contributed by atoms with E-state index in [1.54, 1.807) is 4.68 Å². The van der Waals surface area contributed by atoms with Crippen molar-refractivity contribution in [2.24, 2.45) is 0 Å². The lowest BCUT2D eigenvalue weighted by Crippen LogP contribution is -2.39. The largest absolute Gasteiger partial charge is 0.377 e. The van der Waals surface area contributed by atoms with E-state index in [2.05, 4.69) is 55.1 Å². The molecule has 4 rings (SSSR count). The van der Waals surface area contributed by atoms with E-state index in [9.17, 15) is 9.90 Å². The third-order valence-corrected chi connectivity index (χ3v) is 6.54. The number of benzene rings is 2. The number of urea groups is 1. The van der Waals surface area contributed by atoms with E-state index in [0.717, 1.165) is 41.0 Å². The molecule has 1 aliphatic rings. The molecule has 202 valence electrons. The van der Waals surface area contributed by atoms with E-state index in [1.165, 1.54) is 12.7 Å². The van der Waals surface area contributed by atoms with Crippen LogP contribution in [-0.4, -0.2) is 52.7 Å². The van der Waals surface area contributed by atoms with Crippen molar-refractivity contribution < 1.29 is 14.7 Å². The molecule has 0 radical (unpaired) electrons. The molecule has 2 aromatic carbocycles. The summed E-state index contributed by atoms with van der Waals surface area (Å²) in [5.74, 6) is 0.572. The van der Waals surface area contributed by atoms with Gasteiger partial charge in [-0.25, -0.2) is 9.48 Å². The summed E-state index contributed by atoms with van der Waals surface area (Å²) in [5.41, 5.74) is 8.19. The van der Waals surface area contributed by atoms with Crippen molar-refractivity contribution in [3.63, 3.8) is 0 Å². The topological polar surface area (TPSA) is 104 Å². The Hall–Kier alpha value is -3.50. The minimum atomic E-state index is -0.713. The van der Waals surface area contributed by atoms with Crippen LogP contribution in [0.3, 0.4) is 0 Å². The van der Waals surface area contributed by atoms with Gasteiger partial charge >= 0.3 is 6.03 Å². The van der Waals surface area contributed by atoms with Crippen LogP contribution in [0.5, 0.6) is 0 Å². The van der Waals surface area contributed by atoms with Gasteiger partial charge in [0, 0.05) is 29.3 Å². The lowest BCUT2D eigenvalue weighted by Gasteiger charge is -2.23. The van der Waals surface area contributed by atoms with Gasteiger partial charge in [0.15, 0.2) is 0 Å². The van der Waals surface area contributed by atoms with Crippen LogP contribution in [0.2, 0.25) is 0 Å². The second-order valence-corrected chi connectivity index (χ2v) is 10.6. The first-order chi connectivity index (χ1) is 18.2. The van der Waals surface area contributed by atoms with Gasteiger partial charge in [-0.1, -0.05) is 57.2 Å². The second-order valence-electron chi connectivity index (χ2n) is 10.6. The lowest BCUT2D eigenvalue weighted by atomic mass is 9.92. The molecule has 1 aromatic heterocycles. The number of aliphatic hydroxyl groups is 1. The molecule has 0 bridgehead atoms. The van der Waals surface area contributed by atoms with Crippen LogP contribution < -0.4 is 16.1 Å². The Morgan fingerprint density at radius 3 is 2.74 bits per heavy atom. The number of allylic oxidation sites excluding steroid dienone is 1. The van der Waals surface area contributed by atoms with Crippen LogP contribution in [0.4, 0.5) is 16.3 Å². The van der Waals surface area contributed by atoms with Crippen LogP contribution in [0.25, 0.3) is 11.8 Å². The normalized spacial score (nSPS) is 13.9. The average molecular weight is 519 g/mol. The van der Waals surface area contributed by atoms with E-state index in [-0.39, 0.29) is 18.0 Å². The minimum absolute atomic E-state index is 0.211. The van der Waals surface area contributed by atoms with Crippen LogP contribution in [0, 0.1) is 0 Å². The highest BCUT2D eigenvalue weighted by Gasteiger charge is 2.22. The summed E-state index contributed by atoms with van der Waals surface area (Å²) in [7, 11) is 3.36. The van der Waals surface area contributed by atoms with E-state index in [4.69, 9.17) is 9.94 Å². The maximum atomic E-state index is 13.1. The first kappa shape index (κ1) is 27.5. The Morgan fingerprint density at radius 2 is 1.97 bits per heavy atom. The number of nitrogens with zero attached hydrogens (tertiary/aromatic N) is 3. The van der Waals surface area contributed by atoms with Crippen LogP contribution in [0.15, 0.2) is 54.6 Å². The summed E-state index contributed by atoms with van der Waals surface area (Å²) >= 11 is 0. The maximum Gasteiger partial charge on any atom is 0.324 e. The number of carbonyl (C=O) groups is 1. The molecule has 2 amide bonds. The molecule has 0 spiro atoms. The summed E-state index contributed by atoms with van der Waals surface area (Å²) in [5, 5.41) is 21.2. The molecule has 1 unspecified atom stereocenters. The zero-order valence-corrected chi connectivity index (χ0v) is 22.8. The number of aryl methyl sites for hydroxylation is 1. The smallest absolute Gasteiger partial charge is 0.324 e. The number of aliphatic hydroxyl groups excluding tert-OH is 1. The van der Waals surface area contributed by atoms with Crippen molar-refractivity contribution in [1.82, 2.24) is 20.2 Å². The number of fused-ring (bicyclic) bond motifs is 1. The molecule has 9 nitrogen and oxygen atoms in total. The molecule has 1 heterocycles. The third-order valence-electron chi connectivity index (χ3n) is 6.54. The number of hydrogen-bond donors (Lipinski definition) is 4. The fourth-order valence-electron chi connectivity index (χ4n) is 4.37. The fraction of sp³-hybridized carbons (Fsp3) is 0.379. The first-order valence-corrected chi connectivity index (χ1v) is 12.9. The lowest BCUT2D eigenvalue weighted by molar-refractivity contribution is -0.0228. The minimum Gasteiger partial charge on any atom is -0.377 e. The first-order valence-electron chi connectivity index (χ1n) is 12.9. The number of nitrogens with one attached hydrogen (secondary N) is 3. The van der Waals surface area contributed by atoms with Crippen molar-refractivity contribution in [3.8, 4) is 5.69 Å². The van der Waals surface area contributed by atoms with E-state index >= 15 is 0 Å². The predicted octanol–water partition coefficient (Wildman–Crippen LogP) is 4.67. The Balaban J connectivity index is 1.57. The molecule has 0 fully saturated rings. The summed E-state index contributed by atoms with van der Waals surface area (Å²) in [4.78, 5) is 19.8. The molecule has 1 atom stereocenters. The number of hydrogen-bond acceptors (Lipinski definition) is 6. The standard InChI is InChI=1S/C29H38N6O3/c1-29(2,3)25-17-26(32-28(37)31-24-15-9-12-21-11-6-7-14-23(21)24)35(33-25)22-13-8-10-20(16-22)19-34(4)27(36)18-30-38-5/h7-10,12-17,27,30,36H,6,11,18-19H2,1-5H3,(H2,31,32,37). The van der Waals surface area contributed by atoms with Crippen LogP contribution in [-0.2, 0) is 23.2 Å². The van der Waals surface area contributed by atoms with E-state index < -0.39 is 6.23 Å². The zero-order valence-electron chi connectivity index (χ0n) is 22.8. The second kappa shape index (κ2) is 11.9. The number of anilines is 2. The van der Waals surface area contributed by atoms with Crippen molar-refractivity contribution in [3.05, 3.63) is 77.0 Å². The van der Waals surface area contributed by atoms with Crippen molar-refractivity contribution >= 4 is 23.6 Å². The summed E-state index contributed by atoms with van der Waals surface area (Å²) in [6, 6.07) is 15.5. The Bertz CT molecular complexity index is 1290. The predicted molar refractivity (Wildman–Crippen MR) is 151 cm³/mol. The molecule has 3 aromatic rings. The van der Waals surface area contributed by atoms with Crippen molar-refractivity contribution in [1.29, 1.82) is 0 Å². The van der Waals surface area contributed by atoms with Gasteiger partial charge in [-0.3, -0.25) is 10.2 Å². The highest BCUT2D eigenvalue weighted by Crippen LogP contribution is 2.29. The van der Waals surface area contributed by atoms with Gasteiger partial charge in [-0.2, -0.15) is 10.6 Å². The number of likely N-dealkylation sites (N-methyl/N-ethyl adjacent to an activating group) is 1. The van der Waals surface area contributed by atoms with Gasteiger partial charge in [-0.15, -0.1) is 0 Å². The fourth-order valence-corrected chi connectivity index (χ4v) is 4.37. The Morgan fingerprint density at radius 1 is 1.18 bits per heavy atom. The van der Waals surface area contributed by atoms with Crippen LogP contribution >= 0.6 is 0 Å². The van der Waals surface area contributed by atoms with Gasteiger partial charge in [-0.05, 0) is 49.2 Å². The number of rotatable bonds is 9. The summed E-state index contributed by atoms with van der Waals surface area (Å²) in [6.45, 7) is 7.07. The third kappa shape index (κ3) is 6.68. The Kier molecular flexibility index (Phi) is 8.63. The molecule has 0 saturated heterocycles. The molecule has 38 heavy (non-hydrogen) atoms. The summed E-state index contributed by atoms with van der Waals surface area (Å²) in [6.07, 6.45) is 5.47. The molecular weight excluding hydrogens is 480 g/mol. The van der Waals surface area contributed by atoms with Gasteiger partial charge in [0.05, 0.1) is 25.0 Å². The summed E-state index contributed by atoms with van der Waals surface area (Å²) < 4.78 is 1.76. The monoisotopic (exact) mass is 518 g/mol. The number of amides is 2. The van der Waals surface area contributed by atoms with E-state index in [1.807, 2.05) is 54.4 Å².